The fraction of sp³-hybridized carbons (Fsp3) is 0.120. The molecule has 160 valence electrons. The molecule has 0 unspecified atom stereocenters. The Morgan fingerprint density at radius 3 is 2.19 bits per heavy atom. The Hall–Kier alpha value is -3.87. The summed E-state index contributed by atoms with van der Waals surface area (Å²) in [5.41, 5.74) is 2.18. The molecule has 7 heteroatoms. The van der Waals surface area contributed by atoms with E-state index in [9.17, 15) is 22.8 Å². The van der Waals surface area contributed by atoms with Crippen LogP contribution in [0.2, 0.25) is 0 Å². The predicted molar refractivity (Wildman–Crippen MR) is 113 cm³/mol. The van der Waals surface area contributed by atoms with Crippen molar-refractivity contribution in [2.75, 3.05) is 11.4 Å². The van der Waals surface area contributed by atoms with Gasteiger partial charge in [0, 0.05) is 19.2 Å². The molecule has 4 nitrogen and oxygen atoms in total. The van der Waals surface area contributed by atoms with E-state index in [2.05, 4.69) is 0 Å². The van der Waals surface area contributed by atoms with Crippen LogP contribution in [0.5, 0.6) is 0 Å². The van der Waals surface area contributed by atoms with Gasteiger partial charge < -0.3 is 4.90 Å². The van der Waals surface area contributed by atoms with Gasteiger partial charge in [0.1, 0.15) is 23.1 Å². The molecular weight excluding hydrogens is 417 g/mol. The Bertz CT molecular complexity index is 1280. The molecule has 2 aliphatic rings. The number of halogens is 3. The lowest BCUT2D eigenvalue weighted by Crippen LogP contribution is -2.37. The largest absolute Gasteiger partial charge is 0.362 e. The molecule has 0 radical (unpaired) electrons. The predicted octanol–water partition coefficient (Wildman–Crippen LogP) is 4.45. The van der Waals surface area contributed by atoms with Gasteiger partial charge in [0.2, 0.25) is 0 Å². The maximum absolute atomic E-state index is 14.5. The number of hydrogen-bond acceptors (Lipinski definition) is 3. The van der Waals surface area contributed by atoms with Crippen LogP contribution >= 0.6 is 0 Å². The highest BCUT2D eigenvalue weighted by molar-refractivity contribution is 6.45. The molecule has 0 aromatic heterocycles. The van der Waals surface area contributed by atoms with Gasteiger partial charge in [0.25, 0.3) is 11.8 Å². The van der Waals surface area contributed by atoms with Gasteiger partial charge in [-0.25, -0.2) is 18.1 Å². The highest BCUT2D eigenvalue weighted by atomic mass is 19.1. The highest BCUT2D eigenvalue weighted by Gasteiger charge is 2.44. The number of rotatable bonds is 3. The van der Waals surface area contributed by atoms with E-state index in [0.717, 1.165) is 29.3 Å². The second-order valence-corrected chi connectivity index (χ2v) is 7.71. The maximum atomic E-state index is 14.5. The summed E-state index contributed by atoms with van der Waals surface area (Å²) >= 11 is 0. The van der Waals surface area contributed by atoms with Crippen LogP contribution in [0.15, 0.2) is 72.4 Å². The molecule has 2 aliphatic heterocycles. The second kappa shape index (κ2) is 7.67. The first-order valence-electron chi connectivity index (χ1n) is 10.1. The molecule has 0 aliphatic carbocycles. The third-order valence-electron chi connectivity index (χ3n) is 5.79. The molecule has 32 heavy (non-hydrogen) atoms. The van der Waals surface area contributed by atoms with E-state index in [1.165, 1.54) is 24.3 Å². The molecular formula is C25H17F3N2O2. The van der Waals surface area contributed by atoms with Crippen molar-refractivity contribution in [3.63, 3.8) is 0 Å². The van der Waals surface area contributed by atoms with Gasteiger partial charge in [-0.1, -0.05) is 36.4 Å². The summed E-state index contributed by atoms with van der Waals surface area (Å²) in [6.07, 6.45) is 0.659. The molecule has 5 rings (SSSR count). The molecule has 0 saturated carbocycles. The maximum Gasteiger partial charge on any atom is 0.282 e. The zero-order valence-corrected chi connectivity index (χ0v) is 16.8. The lowest BCUT2D eigenvalue weighted by atomic mass is 9.98. The minimum absolute atomic E-state index is 0.0399. The lowest BCUT2D eigenvalue weighted by Gasteiger charge is -2.31. The zero-order chi connectivity index (χ0) is 22.4. The van der Waals surface area contributed by atoms with E-state index >= 15 is 0 Å². The number of benzene rings is 3. The minimum Gasteiger partial charge on any atom is -0.362 e. The zero-order valence-electron chi connectivity index (χ0n) is 16.8. The van der Waals surface area contributed by atoms with Crippen LogP contribution in [0.3, 0.4) is 0 Å². The highest BCUT2D eigenvalue weighted by Crippen LogP contribution is 2.37. The Labute approximate surface area is 182 Å². The van der Waals surface area contributed by atoms with Crippen molar-refractivity contribution in [2.24, 2.45) is 0 Å². The summed E-state index contributed by atoms with van der Waals surface area (Å²) in [6.45, 7) is 0.851. The molecule has 0 atom stereocenters. The molecule has 3 aromatic carbocycles. The number of nitrogens with zero attached hydrogens (tertiary/aromatic N) is 2. The smallest absolute Gasteiger partial charge is 0.282 e. The first-order chi connectivity index (χ1) is 15.4. The number of anilines is 1. The van der Waals surface area contributed by atoms with Gasteiger partial charge in [-0.3, -0.25) is 9.59 Å². The van der Waals surface area contributed by atoms with Crippen LogP contribution in [0.4, 0.5) is 18.9 Å². The van der Waals surface area contributed by atoms with Crippen LogP contribution < -0.4 is 4.90 Å². The number of fused-ring (bicyclic) bond motifs is 1. The van der Waals surface area contributed by atoms with Crippen molar-refractivity contribution in [1.82, 2.24) is 4.90 Å². The molecule has 0 spiro atoms. The summed E-state index contributed by atoms with van der Waals surface area (Å²) in [7, 11) is 0. The molecule has 0 N–H and O–H groups in total. The van der Waals surface area contributed by atoms with E-state index in [4.69, 9.17) is 0 Å². The summed E-state index contributed by atoms with van der Waals surface area (Å²) in [4.78, 5) is 29.3. The quantitative estimate of drug-likeness (QED) is 0.572. The van der Waals surface area contributed by atoms with Gasteiger partial charge in [-0.05, 0) is 47.4 Å². The minimum atomic E-state index is -0.892. The van der Waals surface area contributed by atoms with E-state index in [-0.39, 0.29) is 11.3 Å². The molecule has 2 amide bonds. The number of amides is 2. The van der Waals surface area contributed by atoms with Crippen molar-refractivity contribution in [2.45, 2.75) is 13.0 Å². The van der Waals surface area contributed by atoms with E-state index < -0.39 is 35.0 Å². The standard InChI is InChI=1S/C25H17F3N2O2/c26-18-7-5-16(6-8-18)22-23(29-12-11-15-3-1-2-4-17(15)14-29)25(32)30(24(22)31)21-13-19(27)9-10-20(21)28/h1-10,13H,11-12,14H2. The number of carbonyl (C=O) groups is 2. The van der Waals surface area contributed by atoms with E-state index in [1.54, 1.807) is 4.90 Å². The molecule has 0 bridgehead atoms. The Balaban J connectivity index is 1.64. The van der Waals surface area contributed by atoms with Gasteiger partial charge >= 0.3 is 0 Å². The topological polar surface area (TPSA) is 40.6 Å². The summed E-state index contributed by atoms with van der Waals surface area (Å²) < 4.78 is 41.9. The molecule has 3 aromatic rings. The van der Waals surface area contributed by atoms with Crippen LogP contribution in [-0.4, -0.2) is 23.3 Å². The Morgan fingerprint density at radius 2 is 1.44 bits per heavy atom. The van der Waals surface area contributed by atoms with Crippen molar-refractivity contribution < 1.29 is 22.8 Å². The van der Waals surface area contributed by atoms with Crippen LogP contribution in [0.25, 0.3) is 5.57 Å². The normalized spacial score (nSPS) is 16.1. The first-order valence-corrected chi connectivity index (χ1v) is 10.1. The van der Waals surface area contributed by atoms with Gasteiger partial charge in [-0.15, -0.1) is 0 Å². The summed E-state index contributed by atoms with van der Waals surface area (Å²) in [6, 6.07) is 15.6. The third kappa shape index (κ3) is 3.26. The van der Waals surface area contributed by atoms with Gasteiger partial charge in [0.05, 0.1) is 11.3 Å². The van der Waals surface area contributed by atoms with Gasteiger partial charge in [0.15, 0.2) is 0 Å². The van der Waals surface area contributed by atoms with Crippen molar-refractivity contribution >= 4 is 23.1 Å². The lowest BCUT2D eigenvalue weighted by molar-refractivity contribution is -0.120. The van der Waals surface area contributed by atoms with E-state index in [1.807, 2.05) is 24.3 Å². The monoisotopic (exact) mass is 434 g/mol. The average molecular weight is 434 g/mol. The fourth-order valence-corrected chi connectivity index (χ4v) is 4.25. The van der Waals surface area contributed by atoms with Crippen LogP contribution in [0, 0.1) is 17.5 Å². The fourth-order valence-electron chi connectivity index (χ4n) is 4.25. The third-order valence-corrected chi connectivity index (χ3v) is 5.79. The number of imide groups is 1. The first kappa shape index (κ1) is 20.1. The summed E-state index contributed by atoms with van der Waals surface area (Å²) in [5, 5.41) is 0. The molecule has 2 heterocycles. The average Bonchev–Trinajstić information content (AvgIpc) is 3.05. The van der Waals surface area contributed by atoms with Gasteiger partial charge in [-0.2, -0.15) is 0 Å². The van der Waals surface area contributed by atoms with Crippen molar-refractivity contribution in [3.8, 4) is 0 Å². The number of hydrogen-bond donors (Lipinski definition) is 0. The Morgan fingerprint density at radius 1 is 0.750 bits per heavy atom. The SMILES string of the molecule is O=C1C(c2ccc(F)cc2)=C(N2CCc3ccccc3C2)C(=O)N1c1cc(F)ccc1F. The summed E-state index contributed by atoms with van der Waals surface area (Å²) in [5.74, 6) is -3.67. The van der Waals surface area contributed by atoms with Crippen LogP contribution in [-0.2, 0) is 22.6 Å². The van der Waals surface area contributed by atoms with Crippen molar-refractivity contribution in [3.05, 3.63) is 107 Å². The molecule has 0 saturated heterocycles. The second-order valence-electron chi connectivity index (χ2n) is 7.71. The van der Waals surface area contributed by atoms with E-state index in [0.29, 0.717) is 30.0 Å². The van der Waals surface area contributed by atoms with Crippen LogP contribution in [0.1, 0.15) is 16.7 Å². The number of carbonyl (C=O) groups excluding carboxylic acids is 2. The van der Waals surface area contributed by atoms with Crippen molar-refractivity contribution in [1.29, 1.82) is 0 Å². The Kier molecular flexibility index (Phi) is 4.81. The molecule has 0 fully saturated rings.